The van der Waals surface area contributed by atoms with Crippen LogP contribution in [0, 0.1) is 0 Å². The number of ether oxygens (including phenoxy) is 6. The van der Waals surface area contributed by atoms with Crippen molar-refractivity contribution in [1.82, 2.24) is 4.98 Å². The van der Waals surface area contributed by atoms with Crippen LogP contribution in [0.15, 0.2) is 115 Å². The van der Waals surface area contributed by atoms with Gasteiger partial charge in [-0.1, -0.05) is 48.5 Å². The lowest BCUT2D eigenvalue weighted by molar-refractivity contribution is 0.263. The van der Waals surface area contributed by atoms with Crippen molar-refractivity contribution in [3.63, 3.8) is 0 Å². The van der Waals surface area contributed by atoms with Gasteiger partial charge in [-0.25, -0.2) is 4.98 Å². The summed E-state index contributed by atoms with van der Waals surface area (Å²) in [6.07, 6.45) is 2.15. The first kappa shape index (κ1) is 26.1. The fourth-order valence-electron chi connectivity index (χ4n) is 4.37. The summed E-state index contributed by atoms with van der Waals surface area (Å²) in [5, 5.41) is 0. The molecule has 0 radical (unpaired) electrons. The summed E-state index contributed by atoms with van der Waals surface area (Å²) in [6, 6.07) is 35.6. The molecule has 4 aromatic carbocycles. The van der Waals surface area contributed by atoms with Crippen LogP contribution in [-0.4, -0.2) is 43.6 Å². The molecule has 0 saturated carbocycles. The highest BCUT2D eigenvalue weighted by atomic mass is 16.6. The largest absolute Gasteiger partial charge is 0.491 e. The highest BCUT2D eigenvalue weighted by Gasteiger charge is 2.23. The van der Waals surface area contributed by atoms with E-state index in [4.69, 9.17) is 28.4 Å². The van der Waals surface area contributed by atoms with E-state index in [9.17, 15) is 0 Å². The standard InChI is InChI=1S/C35H29NO6/c1-9-28(37-20-33-22-39-33)10-2-24(1)26-5-13-30(14-6-26)41-32-17-18-35(36-19-32)42-31-15-7-27(8-16-31)25-3-11-29(12-4-25)38-21-34-23-40-34/h1-19,33-34H,20-23H2. The van der Waals surface area contributed by atoms with E-state index in [1.165, 1.54) is 0 Å². The van der Waals surface area contributed by atoms with Crippen LogP contribution in [0.5, 0.6) is 34.6 Å². The minimum absolute atomic E-state index is 0.247. The SMILES string of the molecule is c1cc(-c2ccc(Oc3ccc(Oc4ccc(-c5ccc(OCC6CO6)cc5)cc4)nc3)cc2)ccc1OCC1CO1. The predicted octanol–water partition coefficient (Wildman–Crippen LogP) is 7.56. The topological polar surface area (TPSA) is 74.9 Å². The van der Waals surface area contributed by atoms with E-state index >= 15 is 0 Å². The first-order chi connectivity index (χ1) is 20.7. The van der Waals surface area contributed by atoms with E-state index in [1.807, 2.05) is 91.0 Å². The molecule has 5 aromatic rings. The summed E-state index contributed by atoms with van der Waals surface area (Å²) in [5.41, 5.74) is 4.40. The maximum absolute atomic E-state index is 5.99. The third-order valence-corrected chi connectivity index (χ3v) is 6.93. The van der Waals surface area contributed by atoms with Crippen LogP contribution in [0.3, 0.4) is 0 Å². The Morgan fingerprint density at radius 3 is 1.24 bits per heavy atom. The van der Waals surface area contributed by atoms with Gasteiger partial charge in [0.2, 0.25) is 5.88 Å². The highest BCUT2D eigenvalue weighted by Crippen LogP contribution is 2.30. The quantitative estimate of drug-likeness (QED) is 0.146. The van der Waals surface area contributed by atoms with Gasteiger partial charge in [-0.15, -0.1) is 0 Å². The van der Waals surface area contributed by atoms with Gasteiger partial charge in [-0.3, -0.25) is 0 Å². The Labute approximate surface area is 244 Å². The maximum atomic E-state index is 5.99. The first-order valence-corrected chi connectivity index (χ1v) is 14.0. The molecular formula is C35H29NO6. The zero-order chi connectivity index (χ0) is 28.1. The second kappa shape index (κ2) is 11.9. The minimum atomic E-state index is 0.247. The Hall–Kier alpha value is -4.85. The summed E-state index contributed by atoms with van der Waals surface area (Å²) in [6.45, 7) is 2.79. The van der Waals surface area contributed by atoms with Crippen LogP contribution in [0.1, 0.15) is 0 Å². The van der Waals surface area contributed by atoms with Crippen LogP contribution in [0.25, 0.3) is 22.3 Å². The van der Waals surface area contributed by atoms with Gasteiger partial charge in [0.05, 0.1) is 19.4 Å². The van der Waals surface area contributed by atoms with E-state index in [1.54, 1.807) is 12.3 Å². The van der Waals surface area contributed by atoms with Crippen LogP contribution in [0.4, 0.5) is 0 Å². The minimum Gasteiger partial charge on any atom is -0.491 e. The van der Waals surface area contributed by atoms with Gasteiger partial charge >= 0.3 is 0 Å². The molecular weight excluding hydrogens is 530 g/mol. The fraction of sp³-hybridized carbons (Fsp3) is 0.171. The van der Waals surface area contributed by atoms with E-state index in [-0.39, 0.29) is 12.2 Å². The zero-order valence-corrected chi connectivity index (χ0v) is 22.8. The van der Waals surface area contributed by atoms with Gasteiger partial charge in [0, 0.05) is 6.07 Å². The number of benzene rings is 4. The highest BCUT2D eigenvalue weighted by molar-refractivity contribution is 5.66. The molecule has 2 unspecified atom stereocenters. The molecule has 3 heterocycles. The normalized spacial score (nSPS) is 16.9. The molecule has 0 N–H and O–H groups in total. The van der Waals surface area contributed by atoms with Crippen molar-refractivity contribution in [2.45, 2.75) is 12.2 Å². The predicted molar refractivity (Wildman–Crippen MR) is 159 cm³/mol. The molecule has 0 spiro atoms. The third-order valence-electron chi connectivity index (χ3n) is 6.93. The Morgan fingerprint density at radius 1 is 0.476 bits per heavy atom. The van der Waals surface area contributed by atoms with Crippen LogP contribution in [0.2, 0.25) is 0 Å². The second-order valence-electron chi connectivity index (χ2n) is 10.2. The lowest BCUT2D eigenvalue weighted by Gasteiger charge is -2.10. The van der Waals surface area contributed by atoms with Crippen molar-refractivity contribution in [3.8, 4) is 56.9 Å². The van der Waals surface area contributed by atoms with Gasteiger partial charge < -0.3 is 28.4 Å². The van der Waals surface area contributed by atoms with Gasteiger partial charge in [0.25, 0.3) is 0 Å². The maximum Gasteiger partial charge on any atom is 0.219 e. The Balaban J connectivity index is 0.911. The van der Waals surface area contributed by atoms with Gasteiger partial charge in [0.1, 0.15) is 54.2 Å². The lowest BCUT2D eigenvalue weighted by Crippen LogP contribution is -2.03. The van der Waals surface area contributed by atoms with E-state index in [0.717, 1.165) is 52.7 Å². The zero-order valence-electron chi connectivity index (χ0n) is 22.8. The fourth-order valence-corrected chi connectivity index (χ4v) is 4.37. The second-order valence-corrected chi connectivity index (χ2v) is 10.2. The van der Waals surface area contributed by atoms with Crippen molar-refractivity contribution in [1.29, 1.82) is 0 Å². The molecule has 210 valence electrons. The van der Waals surface area contributed by atoms with E-state index in [2.05, 4.69) is 17.1 Å². The van der Waals surface area contributed by atoms with Crippen LogP contribution in [-0.2, 0) is 9.47 Å². The molecule has 7 nitrogen and oxygen atoms in total. The first-order valence-electron chi connectivity index (χ1n) is 14.0. The van der Waals surface area contributed by atoms with Crippen LogP contribution < -0.4 is 18.9 Å². The summed E-state index contributed by atoms with van der Waals surface area (Å²) in [5.74, 6) is 4.24. The van der Waals surface area contributed by atoms with Gasteiger partial charge in [-0.2, -0.15) is 0 Å². The van der Waals surface area contributed by atoms with Gasteiger partial charge in [-0.05, 0) is 76.9 Å². The summed E-state index contributed by atoms with van der Waals surface area (Å²) in [4.78, 5) is 4.41. The van der Waals surface area contributed by atoms with Crippen molar-refractivity contribution < 1.29 is 28.4 Å². The molecule has 0 amide bonds. The number of aromatic nitrogens is 1. The molecule has 2 aliphatic rings. The smallest absolute Gasteiger partial charge is 0.219 e. The molecule has 1 aromatic heterocycles. The van der Waals surface area contributed by atoms with Crippen LogP contribution >= 0.6 is 0 Å². The Bertz CT molecular complexity index is 1470. The summed E-state index contributed by atoms with van der Waals surface area (Å²) in [7, 11) is 0. The Kier molecular flexibility index (Phi) is 7.42. The van der Waals surface area contributed by atoms with E-state index < -0.39 is 0 Å². The third kappa shape index (κ3) is 6.89. The Morgan fingerprint density at radius 2 is 0.857 bits per heavy atom. The number of hydrogen-bond donors (Lipinski definition) is 0. The molecule has 7 rings (SSSR count). The average molecular weight is 560 g/mol. The van der Waals surface area contributed by atoms with Crippen molar-refractivity contribution in [2.24, 2.45) is 0 Å². The monoisotopic (exact) mass is 559 g/mol. The molecule has 0 bridgehead atoms. The number of pyridine rings is 1. The number of epoxide rings is 2. The van der Waals surface area contributed by atoms with Gasteiger partial charge in [0.15, 0.2) is 0 Å². The molecule has 2 saturated heterocycles. The summed E-state index contributed by atoms with van der Waals surface area (Å²) >= 11 is 0. The number of nitrogens with zero attached hydrogens (tertiary/aromatic N) is 1. The van der Waals surface area contributed by atoms with Crippen molar-refractivity contribution in [3.05, 3.63) is 115 Å². The number of rotatable bonds is 12. The molecule has 2 fully saturated rings. The summed E-state index contributed by atoms with van der Waals surface area (Å²) < 4.78 is 33.7. The molecule has 42 heavy (non-hydrogen) atoms. The van der Waals surface area contributed by atoms with Crippen molar-refractivity contribution >= 4 is 0 Å². The number of hydrogen-bond acceptors (Lipinski definition) is 7. The van der Waals surface area contributed by atoms with Crippen molar-refractivity contribution in [2.75, 3.05) is 26.4 Å². The molecule has 0 aliphatic carbocycles. The lowest BCUT2D eigenvalue weighted by atomic mass is 10.1. The van der Waals surface area contributed by atoms with E-state index in [0.29, 0.717) is 30.6 Å². The molecule has 2 atom stereocenters. The average Bonchev–Trinajstić information content (AvgIpc) is 3.98. The molecule has 7 heteroatoms. The molecule has 2 aliphatic heterocycles.